The highest BCUT2D eigenvalue weighted by atomic mass is 16.3. The molecule has 0 radical (unpaired) electrons. The van der Waals surface area contributed by atoms with E-state index in [1.807, 2.05) is 0 Å². The van der Waals surface area contributed by atoms with E-state index in [1.165, 1.54) is 6.92 Å². The molecule has 64 valence electrons. The molecule has 0 saturated carbocycles. The Balaban J connectivity index is 3.06. The number of amidine groups is 1. The summed E-state index contributed by atoms with van der Waals surface area (Å²) in [5, 5.41) is 16.8. The molecule has 0 aliphatic heterocycles. The second-order valence-corrected chi connectivity index (χ2v) is 2.72. The van der Waals surface area contributed by atoms with Crippen molar-refractivity contribution in [1.82, 2.24) is 4.98 Å². The van der Waals surface area contributed by atoms with Gasteiger partial charge in [-0.05, 0) is 24.6 Å². The first-order valence-electron chi connectivity index (χ1n) is 3.52. The lowest BCUT2D eigenvalue weighted by atomic mass is 9.96. The van der Waals surface area contributed by atoms with E-state index in [9.17, 15) is 5.11 Å². The lowest BCUT2D eigenvalue weighted by Gasteiger charge is -2.21. The van der Waals surface area contributed by atoms with Crippen LogP contribution in [0.4, 0.5) is 0 Å². The van der Waals surface area contributed by atoms with Crippen molar-refractivity contribution >= 4 is 5.84 Å². The van der Waals surface area contributed by atoms with Crippen molar-refractivity contribution in [2.45, 2.75) is 12.5 Å². The summed E-state index contributed by atoms with van der Waals surface area (Å²) in [7, 11) is 0. The predicted molar refractivity (Wildman–Crippen MR) is 45.7 cm³/mol. The van der Waals surface area contributed by atoms with Gasteiger partial charge < -0.3 is 10.8 Å². The maximum Gasteiger partial charge on any atom is 0.143 e. The minimum atomic E-state index is -1.39. The zero-order valence-corrected chi connectivity index (χ0v) is 6.78. The van der Waals surface area contributed by atoms with Crippen LogP contribution in [-0.4, -0.2) is 15.9 Å². The Morgan fingerprint density at radius 2 is 2.08 bits per heavy atom. The third kappa shape index (κ3) is 1.43. The van der Waals surface area contributed by atoms with Gasteiger partial charge in [0.15, 0.2) is 0 Å². The molecule has 1 unspecified atom stereocenters. The molecule has 1 atom stereocenters. The molecule has 0 spiro atoms. The molecule has 0 aromatic carbocycles. The highest BCUT2D eigenvalue weighted by molar-refractivity contribution is 5.86. The number of rotatable bonds is 2. The molecule has 1 heterocycles. The molecule has 4 N–H and O–H groups in total. The highest BCUT2D eigenvalue weighted by Crippen LogP contribution is 2.18. The van der Waals surface area contributed by atoms with Crippen LogP contribution in [-0.2, 0) is 5.60 Å². The largest absolute Gasteiger partial charge is 0.385 e. The van der Waals surface area contributed by atoms with Gasteiger partial charge in [0.2, 0.25) is 0 Å². The third-order valence-electron chi connectivity index (χ3n) is 1.77. The van der Waals surface area contributed by atoms with Gasteiger partial charge in [-0.25, -0.2) is 0 Å². The topological polar surface area (TPSA) is 83.0 Å². The Hall–Kier alpha value is -1.42. The second kappa shape index (κ2) is 2.91. The van der Waals surface area contributed by atoms with E-state index in [0.717, 1.165) is 0 Å². The molecular weight excluding hydrogens is 154 g/mol. The molecule has 0 aliphatic rings. The number of nitrogens with two attached hydrogens (primary N) is 1. The fourth-order valence-electron chi connectivity index (χ4n) is 0.832. The van der Waals surface area contributed by atoms with Crippen LogP contribution in [0.3, 0.4) is 0 Å². The first kappa shape index (κ1) is 8.67. The average Bonchev–Trinajstić information content (AvgIpc) is 2.06. The summed E-state index contributed by atoms with van der Waals surface area (Å²) in [6, 6.07) is 3.25. The maximum atomic E-state index is 9.69. The molecule has 0 aliphatic carbocycles. The van der Waals surface area contributed by atoms with Crippen LogP contribution in [0.1, 0.15) is 12.5 Å². The molecule has 1 aromatic rings. The van der Waals surface area contributed by atoms with Gasteiger partial charge in [0.1, 0.15) is 11.4 Å². The minimum absolute atomic E-state index is 0.270. The number of pyridine rings is 1. The molecule has 0 bridgehead atoms. The van der Waals surface area contributed by atoms with E-state index in [4.69, 9.17) is 11.1 Å². The van der Waals surface area contributed by atoms with Crippen LogP contribution < -0.4 is 5.73 Å². The third-order valence-corrected chi connectivity index (χ3v) is 1.77. The van der Waals surface area contributed by atoms with Crippen LogP contribution >= 0.6 is 0 Å². The van der Waals surface area contributed by atoms with Crippen molar-refractivity contribution in [2.75, 3.05) is 0 Å². The second-order valence-electron chi connectivity index (χ2n) is 2.72. The van der Waals surface area contributed by atoms with Crippen LogP contribution in [0.5, 0.6) is 0 Å². The van der Waals surface area contributed by atoms with E-state index >= 15 is 0 Å². The normalized spacial score (nSPS) is 15.2. The van der Waals surface area contributed by atoms with E-state index < -0.39 is 5.60 Å². The molecule has 0 fully saturated rings. The predicted octanol–water partition coefficient (Wildman–Crippen LogP) is 0.225. The summed E-state index contributed by atoms with van der Waals surface area (Å²) in [6.07, 6.45) is 3.10. The van der Waals surface area contributed by atoms with Gasteiger partial charge in [0, 0.05) is 12.4 Å². The number of aliphatic hydroxyl groups is 1. The summed E-state index contributed by atoms with van der Waals surface area (Å²) in [6.45, 7) is 1.48. The molecule has 0 saturated heterocycles. The van der Waals surface area contributed by atoms with E-state index in [2.05, 4.69) is 4.98 Å². The molecule has 1 rings (SSSR count). The van der Waals surface area contributed by atoms with Gasteiger partial charge in [-0.1, -0.05) is 0 Å². The number of nitrogens with zero attached hydrogens (tertiary/aromatic N) is 1. The number of hydrogen-bond donors (Lipinski definition) is 3. The lowest BCUT2D eigenvalue weighted by molar-refractivity contribution is 0.130. The van der Waals surface area contributed by atoms with Gasteiger partial charge in [-0.15, -0.1) is 0 Å². The van der Waals surface area contributed by atoms with Gasteiger partial charge >= 0.3 is 0 Å². The Kier molecular flexibility index (Phi) is 2.10. The number of hydrogen-bond acceptors (Lipinski definition) is 3. The minimum Gasteiger partial charge on any atom is -0.385 e. The summed E-state index contributed by atoms with van der Waals surface area (Å²) in [5.41, 5.74) is 4.40. The first-order valence-corrected chi connectivity index (χ1v) is 3.52. The molecule has 12 heavy (non-hydrogen) atoms. The zero-order chi connectivity index (χ0) is 9.19. The standard InChI is InChI=1S/C8H11N3O/c1-8(12,7(9)10)6-2-4-11-5-3-6/h2-5,12H,1H3,(H3,9,10). The molecule has 1 aromatic heterocycles. The van der Waals surface area contributed by atoms with Gasteiger partial charge in [0.25, 0.3) is 0 Å². The fraction of sp³-hybridized carbons (Fsp3) is 0.250. The Labute approximate surface area is 70.6 Å². The van der Waals surface area contributed by atoms with Gasteiger partial charge in [-0.3, -0.25) is 10.4 Å². The van der Waals surface area contributed by atoms with Gasteiger partial charge in [0.05, 0.1) is 0 Å². The summed E-state index contributed by atoms with van der Waals surface area (Å²) >= 11 is 0. The maximum absolute atomic E-state index is 9.69. The van der Waals surface area contributed by atoms with Crippen molar-refractivity contribution in [2.24, 2.45) is 5.73 Å². The smallest absolute Gasteiger partial charge is 0.143 e. The fourth-order valence-corrected chi connectivity index (χ4v) is 0.832. The zero-order valence-electron chi connectivity index (χ0n) is 6.78. The van der Waals surface area contributed by atoms with E-state index in [0.29, 0.717) is 5.56 Å². The number of aromatic nitrogens is 1. The molecule has 4 heteroatoms. The monoisotopic (exact) mass is 165 g/mol. The Morgan fingerprint density at radius 3 is 2.50 bits per heavy atom. The lowest BCUT2D eigenvalue weighted by Crippen LogP contribution is -2.37. The van der Waals surface area contributed by atoms with E-state index in [1.54, 1.807) is 24.5 Å². The summed E-state index contributed by atoms with van der Waals surface area (Å²) in [5.74, 6) is -0.270. The Bertz CT molecular complexity index is 282. The first-order chi connectivity index (χ1) is 5.55. The van der Waals surface area contributed by atoms with Crippen LogP contribution in [0.2, 0.25) is 0 Å². The SMILES string of the molecule is CC(O)(C(=N)N)c1ccncc1. The average molecular weight is 165 g/mol. The van der Waals surface area contributed by atoms with Crippen molar-refractivity contribution in [3.63, 3.8) is 0 Å². The summed E-state index contributed by atoms with van der Waals surface area (Å²) in [4.78, 5) is 3.80. The van der Waals surface area contributed by atoms with Gasteiger partial charge in [-0.2, -0.15) is 0 Å². The Morgan fingerprint density at radius 1 is 1.58 bits per heavy atom. The molecule has 0 amide bonds. The number of nitrogens with one attached hydrogen (secondary N) is 1. The highest BCUT2D eigenvalue weighted by Gasteiger charge is 2.26. The molecular formula is C8H11N3O. The van der Waals surface area contributed by atoms with Crippen LogP contribution in [0, 0.1) is 5.41 Å². The van der Waals surface area contributed by atoms with Crippen molar-refractivity contribution in [1.29, 1.82) is 5.41 Å². The molecule has 4 nitrogen and oxygen atoms in total. The van der Waals surface area contributed by atoms with Crippen molar-refractivity contribution < 1.29 is 5.11 Å². The van der Waals surface area contributed by atoms with Crippen molar-refractivity contribution in [3.8, 4) is 0 Å². The van der Waals surface area contributed by atoms with Crippen molar-refractivity contribution in [3.05, 3.63) is 30.1 Å². The van der Waals surface area contributed by atoms with Crippen LogP contribution in [0.25, 0.3) is 0 Å². The van der Waals surface area contributed by atoms with E-state index in [-0.39, 0.29) is 5.84 Å². The van der Waals surface area contributed by atoms with Crippen LogP contribution in [0.15, 0.2) is 24.5 Å². The quantitative estimate of drug-likeness (QED) is 0.433. The summed E-state index contributed by atoms with van der Waals surface area (Å²) < 4.78 is 0.